The SMILES string of the molecule is CCc1ccsc1CNC(C)C(C)C(=O)O. The van der Waals surface area contributed by atoms with Gasteiger partial charge in [-0.2, -0.15) is 0 Å². The lowest BCUT2D eigenvalue weighted by Gasteiger charge is -2.17. The highest BCUT2D eigenvalue weighted by atomic mass is 32.1. The maximum atomic E-state index is 10.8. The maximum Gasteiger partial charge on any atom is 0.307 e. The quantitative estimate of drug-likeness (QED) is 0.804. The lowest BCUT2D eigenvalue weighted by Crippen LogP contribution is -2.35. The molecule has 16 heavy (non-hydrogen) atoms. The normalized spacial score (nSPS) is 14.7. The fourth-order valence-corrected chi connectivity index (χ4v) is 2.41. The highest BCUT2D eigenvalue weighted by molar-refractivity contribution is 7.10. The number of carboxylic acids is 1. The first-order valence-electron chi connectivity index (χ1n) is 5.57. The molecule has 2 N–H and O–H groups in total. The standard InChI is InChI=1S/C12H19NO2S/c1-4-10-5-6-16-11(10)7-13-9(3)8(2)12(14)15/h5-6,8-9,13H,4,7H2,1-3H3,(H,14,15). The van der Waals surface area contributed by atoms with Crippen molar-refractivity contribution in [1.82, 2.24) is 5.32 Å². The number of carboxylic acid groups (broad SMARTS) is 1. The summed E-state index contributed by atoms with van der Waals surface area (Å²) in [5, 5.41) is 14.2. The Balaban J connectivity index is 2.48. The molecule has 0 aliphatic carbocycles. The molecule has 0 aliphatic heterocycles. The number of carbonyl (C=O) groups is 1. The first-order chi connectivity index (χ1) is 7.56. The molecule has 0 spiro atoms. The Morgan fingerprint density at radius 2 is 2.25 bits per heavy atom. The van der Waals surface area contributed by atoms with Crippen LogP contribution in [-0.2, 0) is 17.8 Å². The van der Waals surface area contributed by atoms with Crippen molar-refractivity contribution in [3.8, 4) is 0 Å². The van der Waals surface area contributed by atoms with Crippen LogP contribution in [0.2, 0.25) is 0 Å². The third-order valence-corrected chi connectivity index (χ3v) is 3.91. The van der Waals surface area contributed by atoms with Crippen molar-refractivity contribution in [2.24, 2.45) is 5.92 Å². The van der Waals surface area contributed by atoms with Crippen molar-refractivity contribution in [3.63, 3.8) is 0 Å². The molecule has 90 valence electrons. The Morgan fingerprint density at radius 3 is 2.81 bits per heavy atom. The summed E-state index contributed by atoms with van der Waals surface area (Å²) in [5.41, 5.74) is 1.35. The topological polar surface area (TPSA) is 49.3 Å². The zero-order valence-corrected chi connectivity index (χ0v) is 10.8. The van der Waals surface area contributed by atoms with Crippen molar-refractivity contribution >= 4 is 17.3 Å². The minimum absolute atomic E-state index is 0.00990. The van der Waals surface area contributed by atoms with Crippen molar-refractivity contribution < 1.29 is 9.90 Å². The predicted molar refractivity (Wildman–Crippen MR) is 66.8 cm³/mol. The molecule has 2 atom stereocenters. The Kier molecular flexibility index (Phi) is 4.96. The second-order valence-corrected chi connectivity index (χ2v) is 5.02. The zero-order chi connectivity index (χ0) is 12.1. The van der Waals surface area contributed by atoms with Crippen LogP contribution in [-0.4, -0.2) is 17.1 Å². The number of thiophene rings is 1. The van der Waals surface area contributed by atoms with E-state index >= 15 is 0 Å². The molecule has 1 aromatic heterocycles. The average molecular weight is 241 g/mol. The van der Waals surface area contributed by atoms with E-state index in [-0.39, 0.29) is 12.0 Å². The van der Waals surface area contributed by atoms with Gasteiger partial charge in [-0.1, -0.05) is 13.8 Å². The van der Waals surface area contributed by atoms with Gasteiger partial charge in [-0.15, -0.1) is 11.3 Å². The summed E-state index contributed by atoms with van der Waals surface area (Å²) in [7, 11) is 0. The second-order valence-electron chi connectivity index (χ2n) is 4.02. The summed E-state index contributed by atoms with van der Waals surface area (Å²) in [4.78, 5) is 12.1. The van der Waals surface area contributed by atoms with Crippen LogP contribution in [0, 0.1) is 5.92 Å². The minimum Gasteiger partial charge on any atom is -0.481 e. The molecule has 1 aromatic rings. The van der Waals surface area contributed by atoms with Gasteiger partial charge in [0.25, 0.3) is 0 Å². The molecule has 3 nitrogen and oxygen atoms in total. The van der Waals surface area contributed by atoms with Crippen LogP contribution < -0.4 is 5.32 Å². The van der Waals surface area contributed by atoms with Gasteiger partial charge in [0.2, 0.25) is 0 Å². The van der Waals surface area contributed by atoms with Gasteiger partial charge in [0.05, 0.1) is 5.92 Å². The number of aliphatic carboxylic acids is 1. The number of aryl methyl sites for hydroxylation is 1. The van der Waals surface area contributed by atoms with Crippen LogP contribution in [0.15, 0.2) is 11.4 Å². The van der Waals surface area contributed by atoms with E-state index in [1.165, 1.54) is 10.4 Å². The monoisotopic (exact) mass is 241 g/mol. The summed E-state index contributed by atoms with van der Waals surface area (Å²) >= 11 is 1.73. The van der Waals surface area contributed by atoms with Crippen LogP contribution in [0.4, 0.5) is 0 Å². The highest BCUT2D eigenvalue weighted by Crippen LogP contribution is 2.17. The largest absolute Gasteiger partial charge is 0.481 e. The van der Waals surface area contributed by atoms with Gasteiger partial charge in [0.15, 0.2) is 0 Å². The van der Waals surface area contributed by atoms with Crippen molar-refractivity contribution in [1.29, 1.82) is 0 Å². The van der Waals surface area contributed by atoms with Crippen LogP contribution in [0.25, 0.3) is 0 Å². The molecule has 0 amide bonds. The van der Waals surface area contributed by atoms with Crippen molar-refractivity contribution in [3.05, 3.63) is 21.9 Å². The van der Waals surface area contributed by atoms with E-state index in [9.17, 15) is 4.79 Å². The van der Waals surface area contributed by atoms with Crippen molar-refractivity contribution in [2.45, 2.75) is 39.8 Å². The highest BCUT2D eigenvalue weighted by Gasteiger charge is 2.18. The number of hydrogen-bond acceptors (Lipinski definition) is 3. The Morgan fingerprint density at radius 1 is 1.56 bits per heavy atom. The molecule has 0 saturated heterocycles. The lowest BCUT2D eigenvalue weighted by atomic mass is 10.0. The summed E-state index contributed by atoms with van der Waals surface area (Å²) in [6, 6.07) is 2.12. The molecule has 1 rings (SSSR count). The van der Waals surface area contributed by atoms with Gasteiger partial charge in [0.1, 0.15) is 0 Å². The van der Waals surface area contributed by atoms with E-state index in [0.29, 0.717) is 0 Å². The van der Waals surface area contributed by atoms with Crippen LogP contribution in [0.3, 0.4) is 0 Å². The van der Waals surface area contributed by atoms with Gasteiger partial charge < -0.3 is 10.4 Å². The van der Waals surface area contributed by atoms with E-state index in [4.69, 9.17) is 5.11 Å². The van der Waals surface area contributed by atoms with Gasteiger partial charge in [0, 0.05) is 17.5 Å². The van der Waals surface area contributed by atoms with Crippen LogP contribution >= 0.6 is 11.3 Å². The summed E-state index contributed by atoms with van der Waals surface area (Å²) < 4.78 is 0. The summed E-state index contributed by atoms with van der Waals surface area (Å²) in [6.07, 6.45) is 1.03. The van der Waals surface area contributed by atoms with E-state index in [1.54, 1.807) is 18.3 Å². The second kappa shape index (κ2) is 6.01. The first-order valence-corrected chi connectivity index (χ1v) is 6.45. The molecule has 0 saturated carbocycles. The summed E-state index contributed by atoms with van der Waals surface area (Å²) in [5.74, 6) is -1.10. The molecule has 0 aliphatic rings. The molecule has 1 heterocycles. The fourth-order valence-electron chi connectivity index (χ4n) is 1.48. The molecular weight excluding hydrogens is 222 g/mol. The number of hydrogen-bond donors (Lipinski definition) is 2. The average Bonchev–Trinajstić information content (AvgIpc) is 2.71. The Hall–Kier alpha value is -0.870. The maximum absolute atomic E-state index is 10.8. The molecule has 0 bridgehead atoms. The minimum atomic E-state index is -0.748. The predicted octanol–water partition coefficient (Wildman–Crippen LogP) is 2.51. The van der Waals surface area contributed by atoms with Crippen LogP contribution in [0.1, 0.15) is 31.2 Å². The van der Waals surface area contributed by atoms with Crippen molar-refractivity contribution in [2.75, 3.05) is 0 Å². The van der Waals surface area contributed by atoms with E-state index in [1.807, 2.05) is 6.92 Å². The zero-order valence-electron chi connectivity index (χ0n) is 9.99. The Labute approximate surface area is 100 Å². The smallest absolute Gasteiger partial charge is 0.307 e. The van der Waals surface area contributed by atoms with Crippen LogP contribution in [0.5, 0.6) is 0 Å². The van der Waals surface area contributed by atoms with Gasteiger partial charge >= 0.3 is 5.97 Å². The molecule has 0 aromatic carbocycles. The van der Waals surface area contributed by atoms with Gasteiger partial charge in [-0.05, 0) is 30.4 Å². The molecule has 0 radical (unpaired) electrons. The summed E-state index contributed by atoms with van der Waals surface area (Å²) in [6.45, 7) is 6.54. The molecular formula is C12H19NO2S. The fraction of sp³-hybridized carbons (Fsp3) is 0.583. The molecule has 2 unspecified atom stereocenters. The third-order valence-electron chi connectivity index (χ3n) is 2.94. The lowest BCUT2D eigenvalue weighted by molar-refractivity contribution is -0.141. The van der Waals surface area contributed by atoms with E-state index in [2.05, 4.69) is 23.7 Å². The van der Waals surface area contributed by atoms with E-state index in [0.717, 1.165) is 13.0 Å². The third kappa shape index (κ3) is 3.32. The molecule has 0 fully saturated rings. The van der Waals surface area contributed by atoms with Gasteiger partial charge in [-0.25, -0.2) is 0 Å². The Bertz CT molecular complexity index is 349. The molecule has 4 heteroatoms. The van der Waals surface area contributed by atoms with E-state index < -0.39 is 5.97 Å². The first kappa shape index (κ1) is 13.2. The number of rotatable bonds is 6. The number of nitrogens with one attached hydrogen (secondary N) is 1. The van der Waals surface area contributed by atoms with Gasteiger partial charge in [-0.3, -0.25) is 4.79 Å².